The zero-order valence-electron chi connectivity index (χ0n) is 25.3. The SMILES string of the molecule is C=C1CC(=O)N[C@@H](C)C(=O)N(C)[C@@H](C(C)C)C(=O)NCC(=O)O[C@@H](c2cn(Cc3c(C)cc(C)cc3C)nn2)[C@@H]1C. The number of benzene rings is 1. The normalized spacial score (nSPS) is 23.5. The molecule has 4 atom stereocenters. The molecule has 41 heavy (non-hydrogen) atoms. The van der Waals surface area contributed by atoms with Crippen LogP contribution in [0.3, 0.4) is 0 Å². The second-order valence-electron chi connectivity index (χ2n) is 11.4. The number of aromatic nitrogens is 3. The summed E-state index contributed by atoms with van der Waals surface area (Å²) < 4.78 is 7.51. The van der Waals surface area contributed by atoms with Gasteiger partial charge in [-0.3, -0.25) is 19.2 Å². The number of nitrogens with zero attached hydrogens (tertiary/aromatic N) is 4. The van der Waals surface area contributed by atoms with Gasteiger partial charge in [-0.05, 0) is 50.3 Å². The molecule has 1 aliphatic heterocycles. The highest BCUT2D eigenvalue weighted by Crippen LogP contribution is 2.31. The summed E-state index contributed by atoms with van der Waals surface area (Å²) in [6, 6.07) is 2.52. The largest absolute Gasteiger partial charge is 0.454 e. The van der Waals surface area contributed by atoms with Crippen LogP contribution in [0.4, 0.5) is 0 Å². The van der Waals surface area contributed by atoms with Crippen LogP contribution in [0.2, 0.25) is 0 Å². The molecule has 2 N–H and O–H groups in total. The van der Waals surface area contributed by atoms with E-state index >= 15 is 0 Å². The van der Waals surface area contributed by atoms with Crippen LogP contribution in [-0.4, -0.2) is 69.3 Å². The van der Waals surface area contributed by atoms with E-state index in [0.717, 1.165) is 16.7 Å². The quantitative estimate of drug-likeness (QED) is 0.429. The number of cyclic esters (lactones) is 1. The van der Waals surface area contributed by atoms with E-state index in [-0.39, 0.29) is 12.3 Å². The molecule has 0 bridgehead atoms. The minimum atomic E-state index is -0.901. The molecule has 0 saturated carbocycles. The fraction of sp³-hybridized carbons (Fsp3) is 0.533. The third kappa shape index (κ3) is 7.59. The van der Waals surface area contributed by atoms with Gasteiger partial charge in [-0.2, -0.15) is 0 Å². The summed E-state index contributed by atoms with van der Waals surface area (Å²) in [6.45, 7) is 17.3. The highest BCUT2D eigenvalue weighted by molar-refractivity contribution is 5.93. The van der Waals surface area contributed by atoms with Crippen LogP contribution in [-0.2, 0) is 30.5 Å². The van der Waals surface area contributed by atoms with Crippen LogP contribution >= 0.6 is 0 Å². The van der Waals surface area contributed by atoms with Crippen LogP contribution in [0.1, 0.15) is 68.2 Å². The number of carbonyl (C=O) groups is 4. The van der Waals surface area contributed by atoms with Crippen molar-refractivity contribution in [1.29, 1.82) is 0 Å². The summed E-state index contributed by atoms with van der Waals surface area (Å²) in [6.07, 6.45) is 0.732. The standard InChI is InChI=1S/C30H42N6O5/c1-16(2)27-29(39)31-13-26(38)41-28(21(7)18(4)12-25(37)32-22(8)30(40)35(27)9)24-15-36(34-33-24)14-23-19(5)10-17(3)11-20(23)6/h10-11,15-16,21-22,27-28H,4,12-14H2,1-3,5-9H3,(H,31,39)(H,32,37)/t21-,22+,27+,28-/m1/s1. The lowest BCUT2D eigenvalue weighted by molar-refractivity contribution is -0.152. The first-order valence-electron chi connectivity index (χ1n) is 13.9. The smallest absolute Gasteiger partial charge is 0.326 e. The number of carbonyl (C=O) groups excluding carboxylic acids is 4. The van der Waals surface area contributed by atoms with Gasteiger partial charge >= 0.3 is 5.97 Å². The molecule has 0 aliphatic carbocycles. The van der Waals surface area contributed by atoms with Gasteiger partial charge in [-0.25, -0.2) is 4.68 Å². The zero-order chi connectivity index (χ0) is 30.6. The third-order valence-electron chi connectivity index (χ3n) is 7.57. The predicted octanol–water partition coefficient (Wildman–Crippen LogP) is 2.54. The molecule has 11 heteroatoms. The van der Waals surface area contributed by atoms with Crippen LogP contribution in [0.5, 0.6) is 0 Å². The average Bonchev–Trinajstić information content (AvgIpc) is 3.34. The van der Waals surface area contributed by atoms with Crippen LogP contribution < -0.4 is 10.6 Å². The first-order valence-corrected chi connectivity index (χ1v) is 13.9. The van der Waals surface area contributed by atoms with Gasteiger partial charge in [0, 0.05) is 19.4 Å². The van der Waals surface area contributed by atoms with Crippen LogP contribution in [0.15, 0.2) is 30.5 Å². The second kappa shape index (κ2) is 13.1. The minimum absolute atomic E-state index is 0.0861. The highest BCUT2D eigenvalue weighted by atomic mass is 16.5. The molecule has 1 aliphatic rings. The van der Waals surface area contributed by atoms with E-state index in [4.69, 9.17) is 4.74 Å². The van der Waals surface area contributed by atoms with E-state index in [0.29, 0.717) is 17.8 Å². The summed E-state index contributed by atoms with van der Waals surface area (Å²) >= 11 is 0. The van der Waals surface area contributed by atoms with Crippen molar-refractivity contribution in [2.45, 2.75) is 79.6 Å². The average molecular weight is 567 g/mol. The van der Waals surface area contributed by atoms with E-state index in [1.165, 1.54) is 17.5 Å². The van der Waals surface area contributed by atoms with Crippen molar-refractivity contribution in [3.05, 3.63) is 58.4 Å². The van der Waals surface area contributed by atoms with E-state index in [2.05, 4.69) is 60.4 Å². The Kier molecular flexibility index (Phi) is 10.1. The van der Waals surface area contributed by atoms with E-state index < -0.39 is 54.3 Å². The topological polar surface area (TPSA) is 136 Å². The first-order chi connectivity index (χ1) is 19.2. The second-order valence-corrected chi connectivity index (χ2v) is 11.4. The molecular weight excluding hydrogens is 524 g/mol. The molecule has 0 spiro atoms. The monoisotopic (exact) mass is 566 g/mol. The maximum atomic E-state index is 13.0. The molecule has 3 rings (SSSR count). The van der Waals surface area contributed by atoms with Gasteiger partial charge in [-0.15, -0.1) is 5.10 Å². The van der Waals surface area contributed by atoms with E-state index in [1.807, 2.05) is 0 Å². The molecule has 11 nitrogen and oxygen atoms in total. The summed E-state index contributed by atoms with van der Waals surface area (Å²) in [4.78, 5) is 53.2. The lowest BCUT2D eigenvalue weighted by Crippen LogP contribution is -2.55. The molecule has 2 aromatic rings. The Balaban J connectivity index is 1.92. The Morgan fingerprint density at radius 3 is 2.34 bits per heavy atom. The Morgan fingerprint density at radius 2 is 1.73 bits per heavy atom. The van der Waals surface area contributed by atoms with Gasteiger partial charge in [0.1, 0.15) is 24.3 Å². The van der Waals surface area contributed by atoms with Gasteiger partial charge < -0.3 is 20.3 Å². The van der Waals surface area contributed by atoms with Gasteiger partial charge in [0.2, 0.25) is 17.7 Å². The van der Waals surface area contributed by atoms with Gasteiger partial charge in [0.05, 0.1) is 12.7 Å². The maximum Gasteiger partial charge on any atom is 0.326 e. The molecule has 1 aromatic carbocycles. The Morgan fingerprint density at radius 1 is 1.10 bits per heavy atom. The molecule has 0 radical (unpaired) electrons. The van der Waals surface area contributed by atoms with Crippen molar-refractivity contribution in [3.63, 3.8) is 0 Å². The number of amides is 3. The number of ether oxygens (including phenoxy) is 1. The molecule has 0 unspecified atom stereocenters. The van der Waals surface area contributed by atoms with Gasteiger partial charge in [0.15, 0.2) is 6.10 Å². The molecule has 1 saturated heterocycles. The number of likely N-dealkylation sites (N-methyl/N-ethyl adjacent to an activating group) is 1. The highest BCUT2D eigenvalue weighted by Gasteiger charge is 2.34. The molecule has 2 heterocycles. The number of esters is 1. The zero-order valence-corrected chi connectivity index (χ0v) is 25.3. The Labute approximate surface area is 241 Å². The fourth-order valence-electron chi connectivity index (χ4n) is 5.31. The van der Waals surface area contributed by atoms with E-state index in [9.17, 15) is 19.2 Å². The van der Waals surface area contributed by atoms with Crippen LogP contribution in [0, 0.1) is 32.6 Å². The molecule has 222 valence electrons. The molecule has 3 amide bonds. The Hall–Kier alpha value is -4.02. The molecular formula is C30H42N6O5. The summed E-state index contributed by atoms with van der Waals surface area (Å²) in [5.74, 6) is -2.78. The van der Waals surface area contributed by atoms with Crippen molar-refractivity contribution in [2.24, 2.45) is 11.8 Å². The first kappa shape index (κ1) is 31.5. The van der Waals surface area contributed by atoms with Gasteiger partial charge in [0.25, 0.3) is 0 Å². The number of hydrogen-bond acceptors (Lipinski definition) is 7. The lowest BCUT2D eigenvalue weighted by Gasteiger charge is -2.32. The predicted molar refractivity (Wildman–Crippen MR) is 154 cm³/mol. The summed E-state index contributed by atoms with van der Waals surface area (Å²) in [5, 5.41) is 13.9. The van der Waals surface area contributed by atoms with Crippen molar-refractivity contribution in [3.8, 4) is 0 Å². The van der Waals surface area contributed by atoms with Crippen molar-refractivity contribution in [2.75, 3.05) is 13.6 Å². The lowest BCUT2D eigenvalue weighted by atomic mass is 9.92. The van der Waals surface area contributed by atoms with Gasteiger partial charge in [-0.1, -0.05) is 55.8 Å². The number of hydrogen-bond donors (Lipinski definition) is 2. The minimum Gasteiger partial charge on any atom is -0.454 e. The molecule has 1 fully saturated rings. The van der Waals surface area contributed by atoms with Crippen molar-refractivity contribution >= 4 is 23.7 Å². The molecule has 1 aromatic heterocycles. The van der Waals surface area contributed by atoms with Crippen molar-refractivity contribution in [1.82, 2.24) is 30.5 Å². The number of aryl methyl sites for hydroxylation is 3. The van der Waals surface area contributed by atoms with E-state index in [1.54, 1.807) is 38.6 Å². The number of nitrogens with one attached hydrogen (secondary N) is 2. The van der Waals surface area contributed by atoms with Crippen LogP contribution in [0.25, 0.3) is 0 Å². The third-order valence-corrected chi connectivity index (χ3v) is 7.57. The number of rotatable bonds is 4. The Bertz CT molecular complexity index is 1310. The summed E-state index contributed by atoms with van der Waals surface area (Å²) in [5.41, 5.74) is 5.47. The summed E-state index contributed by atoms with van der Waals surface area (Å²) in [7, 11) is 1.51. The van der Waals surface area contributed by atoms with Crippen molar-refractivity contribution < 1.29 is 23.9 Å². The maximum absolute atomic E-state index is 13.0. The fourth-order valence-corrected chi connectivity index (χ4v) is 5.31.